The second-order valence-corrected chi connectivity index (χ2v) is 8.43. The summed E-state index contributed by atoms with van der Waals surface area (Å²) < 4.78 is 0. The van der Waals surface area contributed by atoms with Crippen LogP contribution in [0.5, 0.6) is 0 Å². The van der Waals surface area contributed by atoms with E-state index in [0.29, 0.717) is 34.8 Å². The van der Waals surface area contributed by atoms with Crippen molar-refractivity contribution in [1.82, 2.24) is 4.98 Å². The quantitative estimate of drug-likeness (QED) is 0.416. The summed E-state index contributed by atoms with van der Waals surface area (Å²) in [5, 5.41) is 12.9. The summed E-state index contributed by atoms with van der Waals surface area (Å²) in [7, 11) is 0. The molecular formula is C26H21ClN2O3. The van der Waals surface area contributed by atoms with Crippen LogP contribution in [-0.2, 0) is 16.8 Å². The molecule has 1 amide bonds. The van der Waals surface area contributed by atoms with Crippen molar-refractivity contribution >= 4 is 39.9 Å². The highest BCUT2D eigenvalue weighted by atomic mass is 35.5. The van der Waals surface area contributed by atoms with E-state index in [1.165, 1.54) is 0 Å². The summed E-state index contributed by atoms with van der Waals surface area (Å²) in [4.78, 5) is 31.2. The van der Waals surface area contributed by atoms with Crippen LogP contribution < -0.4 is 4.90 Å². The molecule has 1 aliphatic rings. The van der Waals surface area contributed by atoms with Gasteiger partial charge in [-0.25, -0.2) is 0 Å². The number of H-pyrrole nitrogens is 1. The molecule has 0 saturated carbocycles. The maximum Gasteiger partial charge on any atom is 0.264 e. The molecule has 2 N–H and O–H groups in total. The van der Waals surface area contributed by atoms with Gasteiger partial charge in [0.25, 0.3) is 5.91 Å². The molecular weight excluding hydrogens is 424 g/mol. The molecule has 160 valence electrons. The van der Waals surface area contributed by atoms with E-state index in [0.717, 1.165) is 16.5 Å². The van der Waals surface area contributed by atoms with Crippen molar-refractivity contribution in [2.24, 2.45) is 0 Å². The van der Waals surface area contributed by atoms with Gasteiger partial charge in [-0.2, -0.15) is 0 Å². The van der Waals surface area contributed by atoms with Crippen molar-refractivity contribution in [1.29, 1.82) is 0 Å². The number of nitrogens with zero attached hydrogens (tertiary/aromatic N) is 1. The Morgan fingerprint density at radius 1 is 1.00 bits per heavy atom. The standard InChI is InChI=1S/C26H21ClN2O3/c27-21-10-4-1-8-19(21)24(30)15-26(32)20-9-3-6-12-23(20)29(25(26)31)14-13-17-16-28-22-11-5-2-7-18(17)22/h1-12,16,28,32H,13-15H2/t26-/m1/s1. The molecule has 5 nitrogen and oxygen atoms in total. The lowest BCUT2D eigenvalue weighted by atomic mass is 9.88. The van der Waals surface area contributed by atoms with Gasteiger partial charge in [-0.05, 0) is 36.2 Å². The molecule has 0 radical (unpaired) electrons. The molecule has 6 heteroatoms. The number of halogens is 1. The first-order chi connectivity index (χ1) is 15.5. The molecule has 1 aliphatic heterocycles. The Labute approximate surface area is 190 Å². The van der Waals surface area contributed by atoms with Crippen LogP contribution in [0.3, 0.4) is 0 Å². The monoisotopic (exact) mass is 444 g/mol. The SMILES string of the molecule is O=C(C[C@]1(O)C(=O)N(CCc2c[nH]c3ccccc23)c2ccccc21)c1ccccc1Cl. The van der Waals surface area contributed by atoms with Crippen molar-refractivity contribution in [3.8, 4) is 0 Å². The van der Waals surface area contributed by atoms with Crippen LogP contribution in [0.15, 0.2) is 79.0 Å². The number of anilines is 1. The van der Waals surface area contributed by atoms with Crippen LogP contribution >= 0.6 is 11.6 Å². The second-order valence-electron chi connectivity index (χ2n) is 8.02. The molecule has 4 aromatic rings. The fourth-order valence-corrected chi connectivity index (χ4v) is 4.73. The molecule has 1 atom stereocenters. The van der Waals surface area contributed by atoms with Crippen LogP contribution in [0, 0.1) is 0 Å². The second kappa shape index (κ2) is 7.93. The molecule has 5 rings (SSSR count). The molecule has 0 unspecified atom stereocenters. The number of hydrogen-bond donors (Lipinski definition) is 2. The number of para-hydroxylation sites is 2. The average Bonchev–Trinajstić information content (AvgIpc) is 3.30. The Morgan fingerprint density at radius 2 is 1.72 bits per heavy atom. The van der Waals surface area contributed by atoms with E-state index in [-0.39, 0.29) is 12.2 Å². The average molecular weight is 445 g/mol. The first-order valence-corrected chi connectivity index (χ1v) is 10.8. The number of fused-ring (bicyclic) bond motifs is 2. The first-order valence-electron chi connectivity index (χ1n) is 10.5. The largest absolute Gasteiger partial charge is 0.375 e. The Morgan fingerprint density at radius 3 is 2.56 bits per heavy atom. The number of amides is 1. The Balaban J connectivity index is 1.44. The number of aromatic nitrogens is 1. The van der Waals surface area contributed by atoms with E-state index in [4.69, 9.17) is 11.6 Å². The third-order valence-electron chi connectivity index (χ3n) is 6.11. The Hall–Kier alpha value is -3.41. The Kier molecular flexibility index (Phi) is 5.08. The van der Waals surface area contributed by atoms with E-state index >= 15 is 0 Å². The van der Waals surface area contributed by atoms with Gasteiger partial charge in [0.05, 0.1) is 17.1 Å². The minimum atomic E-state index is -1.92. The van der Waals surface area contributed by atoms with Gasteiger partial charge in [-0.1, -0.05) is 60.1 Å². The lowest BCUT2D eigenvalue weighted by Crippen LogP contribution is -2.42. The summed E-state index contributed by atoms with van der Waals surface area (Å²) >= 11 is 6.17. The molecule has 0 aliphatic carbocycles. The number of hydrogen-bond acceptors (Lipinski definition) is 3. The molecule has 1 aromatic heterocycles. The number of carbonyl (C=O) groups is 2. The number of aromatic amines is 1. The fourth-order valence-electron chi connectivity index (χ4n) is 4.49. The first kappa shape index (κ1) is 20.5. The molecule has 32 heavy (non-hydrogen) atoms. The van der Waals surface area contributed by atoms with Crippen molar-refractivity contribution in [2.75, 3.05) is 11.4 Å². The lowest BCUT2D eigenvalue weighted by molar-refractivity contribution is -0.135. The molecule has 3 aromatic carbocycles. The van der Waals surface area contributed by atoms with Crippen LogP contribution in [0.25, 0.3) is 10.9 Å². The van der Waals surface area contributed by atoms with Crippen LogP contribution in [-0.4, -0.2) is 28.3 Å². The number of Topliss-reactive ketones (excluding diaryl/α,β-unsaturated/α-hetero) is 1. The van der Waals surface area contributed by atoms with Gasteiger partial charge in [0.15, 0.2) is 11.4 Å². The van der Waals surface area contributed by atoms with Gasteiger partial charge in [0, 0.05) is 34.8 Å². The minimum absolute atomic E-state index is 0.296. The summed E-state index contributed by atoms with van der Waals surface area (Å²) in [5.41, 5.74) is 1.58. The highest BCUT2D eigenvalue weighted by Gasteiger charge is 2.50. The zero-order valence-corrected chi connectivity index (χ0v) is 18.0. The molecule has 0 bridgehead atoms. The van der Waals surface area contributed by atoms with Crippen LogP contribution in [0.4, 0.5) is 5.69 Å². The summed E-state index contributed by atoms with van der Waals surface area (Å²) in [6, 6.07) is 21.8. The maximum atomic E-state index is 13.4. The number of nitrogens with one attached hydrogen (secondary N) is 1. The van der Waals surface area contributed by atoms with Crippen molar-refractivity contribution in [3.63, 3.8) is 0 Å². The van der Waals surface area contributed by atoms with Gasteiger partial charge in [0.2, 0.25) is 0 Å². The normalized spacial score (nSPS) is 17.7. The number of aliphatic hydroxyl groups is 1. The molecule has 0 spiro atoms. The third-order valence-corrected chi connectivity index (χ3v) is 6.44. The predicted molar refractivity (Wildman–Crippen MR) is 125 cm³/mol. The van der Waals surface area contributed by atoms with Crippen LogP contribution in [0.2, 0.25) is 5.02 Å². The van der Waals surface area contributed by atoms with Crippen molar-refractivity contribution in [2.45, 2.75) is 18.4 Å². The van der Waals surface area contributed by atoms with Gasteiger partial charge in [-0.15, -0.1) is 0 Å². The highest BCUT2D eigenvalue weighted by Crippen LogP contribution is 2.43. The van der Waals surface area contributed by atoms with Crippen molar-refractivity contribution in [3.05, 3.63) is 101 Å². The lowest BCUT2D eigenvalue weighted by Gasteiger charge is -2.23. The fraction of sp³-hybridized carbons (Fsp3) is 0.154. The van der Waals surface area contributed by atoms with Gasteiger partial charge in [-0.3, -0.25) is 9.59 Å². The minimum Gasteiger partial charge on any atom is -0.375 e. The van der Waals surface area contributed by atoms with E-state index in [2.05, 4.69) is 4.98 Å². The van der Waals surface area contributed by atoms with E-state index in [1.807, 2.05) is 36.5 Å². The summed E-state index contributed by atoms with van der Waals surface area (Å²) in [5.74, 6) is -0.862. The summed E-state index contributed by atoms with van der Waals surface area (Å²) in [6.45, 7) is 0.389. The third kappa shape index (κ3) is 3.30. The summed E-state index contributed by atoms with van der Waals surface area (Å²) in [6.07, 6.45) is 2.19. The smallest absolute Gasteiger partial charge is 0.264 e. The van der Waals surface area contributed by atoms with Crippen LogP contribution in [0.1, 0.15) is 27.9 Å². The van der Waals surface area contributed by atoms with Gasteiger partial charge < -0.3 is 15.0 Å². The number of rotatable bonds is 6. The van der Waals surface area contributed by atoms with Gasteiger partial charge >= 0.3 is 0 Å². The van der Waals surface area contributed by atoms with E-state index in [1.54, 1.807) is 47.4 Å². The molecule has 0 saturated heterocycles. The van der Waals surface area contributed by atoms with E-state index < -0.39 is 11.5 Å². The maximum absolute atomic E-state index is 13.4. The zero-order valence-electron chi connectivity index (χ0n) is 17.2. The zero-order chi connectivity index (χ0) is 22.3. The van der Waals surface area contributed by atoms with Crippen molar-refractivity contribution < 1.29 is 14.7 Å². The predicted octanol–water partition coefficient (Wildman–Crippen LogP) is 4.87. The van der Waals surface area contributed by atoms with Gasteiger partial charge in [0.1, 0.15) is 0 Å². The highest BCUT2D eigenvalue weighted by molar-refractivity contribution is 6.34. The number of benzene rings is 3. The number of ketones is 1. The molecule has 0 fully saturated rings. The molecule has 2 heterocycles. The number of carbonyl (C=O) groups excluding carboxylic acids is 2. The Bertz CT molecular complexity index is 1350. The van der Waals surface area contributed by atoms with E-state index in [9.17, 15) is 14.7 Å². The topological polar surface area (TPSA) is 73.4 Å².